The molecule has 1 aliphatic rings. The normalized spacial score (nSPS) is 21.9. The number of nitrogens with zero attached hydrogens (tertiary/aromatic N) is 1. The van der Waals surface area contributed by atoms with Crippen LogP contribution in [0.5, 0.6) is 0 Å². The maximum atomic E-state index is 11.9. The van der Waals surface area contributed by atoms with Crippen LogP contribution in [-0.4, -0.2) is 37.5 Å². The van der Waals surface area contributed by atoms with E-state index in [1.807, 2.05) is 7.05 Å². The van der Waals surface area contributed by atoms with Gasteiger partial charge in [-0.2, -0.15) is 0 Å². The second-order valence-corrected chi connectivity index (χ2v) is 4.79. The van der Waals surface area contributed by atoms with E-state index in [-0.39, 0.29) is 0 Å². The van der Waals surface area contributed by atoms with Gasteiger partial charge in [0.25, 0.3) is 0 Å². The van der Waals surface area contributed by atoms with Crippen LogP contribution in [-0.2, 0) is 4.79 Å². The van der Waals surface area contributed by atoms with Crippen molar-refractivity contribution in [3.8, 4) is 0 Å². The third-order valence-corrected chi connectivity index (χ3v) is 3.60. The highest BCUT2D eigenvalue weighted by Gasteiger charge is 2.18. The highest BCUT2D eigenvalue weighted by Crippen LogP contribution is 2.20. The number of rotatable bonds is 5. The lowest BCUT2D eigenvalue weighted by Gasteiger charge is -2.20. The first-order valence-corrected chi connectivity index (χ1v) is 6.70. The summed E-state index contributed by atoms with van der Waals surface area (Å²) in [4.78, 5) is 14.0. The van der Waals surface area contributed by atoms with Gasteiger partial charge in [-0.05, 0) is 45.2 Å². The van der Waals surface area contributed by atoms with Crippen LogP contribution in [0.1, 0.15) is 45.4 Å². The lowest BCUT2D eigenvalue weighted by atomic mass is 9.98. The van der Waals surface area contributed by atoms with Gasteiger partial charge >= 0.3 is 0 Å². The molecule has 1 heterocycles. The molecule has 0 aromatic heterocycles. The summed E-state index contributed by atoms with van der Waals surface area (Å²) < 4.78 is 0. The van der Waals surface area contributed by atoms with E-state index in [1.54, 1.807) is 0 Å². The molecule has 1 N–H and O–H groups in total. The van der Waals surface area contributed by atoms with Crippen LogP contribution in [0.15, 0.2) is 0 Å². The van der Waals surface area contributed by atoms with Crippen LogP contribution in [0.4, 0.5) is 0 Å². The van der Waals surface area contributed by atoms with Gasteiger partial charge in [0.1, 0.15) is 0 Å². The molecular formula is C13H26N2O. The van der Waals surface area contributed by atoms with Crippen molar-refractivity contribution in [1.82, 2.24) is 10.2 Å². The zero-order valence-corrected chi connectivity index (χ0v) is 10.8. The number of hydrogen-bond acceptors (Lipinski definition) is 2. The molecule has 1 atom stereocenters. The molecule has 0 aromatic carbocycles. The topological polar surface area (TPSA) is 32.3 Å². The first kappa shape index (κ1) is 13.5. The Bertz CT molecular complexity index is 206. The summed E-state index contributed by atoms with van der Waals surface area (Å²) in [5.41, 5.74) is 0. The number of amides is 1. The summed E-state index contributed by atoms with van der Waals surface area (Å²) in [5, 5.41) is 3.08. The van der Waals surface area contributed by atoms with Crippen molar-refractivity contribution in [3.05, 3.63) is 0 Å². The van der Waals surface area contributed by atoms with E-state index in [9.17, 15) is 4.79 Å². The summed E-state index contributed by atoms with van der Waals surface area (Å²) >= 11 is 0. The Morgan fingerprint density at radius 3 is 2.88 bits per heavy atom. The van der Waals surface area contributed by atoms with Crippen molar-refractivity contribution in [2.24, 2.45) is 5.92 Å². The summed E-state index contributed by atoms with van der Waals surface area (Å²) in [7, 11) is 1.93. The van der Waals surface area contributed by atoms with Crippen molar-refractivity contribution in [2.45, 2.75) is 45.4 Å². The predicted octanol–water partition coefficient (Wildman–Crippen LogP) is 2.02. The van der Waals surface area contributed by atoms with E-state index in [4.69, 9.17) is 0 Å². The van der Waals surface area contributed by atoms with Crippen LogP contribution in [0.2, 0.25) is 0 Å². The smallest absolute Gasteiger partial charge is 0.222 e. The molecule has 1 amide bonds. The average Bonchev–Trinajstić information content (AvgIpc) is 2.54. The first-order chi connectivity index (χ1) is 7.77. The van der Waals surface area contributed by atoms with Crippen molar-refractivity contribution < 1.29 is 4.79 Å². The zero-order chi connectivity index (χ0) is 11.8. The molecule has 1 aliphatic heterocycles. The summed E-state index contributed by atoms with van der Waals surface area (Å²) in [6, 6.07) is 0. The molecule has 3 nitrogen and oxygen atoms in total. The van der Waals surface area contributed by atoms with E-state index in [2.05, 4.69) is 17.1 Å². The minimum atomic E-state index is 0.354. The molecule has 1 rings (SSSR count). The maximum absolute atomic E-state index is 11.9. The minimum Gasteiger partial charge on any atom is -0.343 e. The molecule has 1 saturated heterocycles. The first-order valence-electron chi connectivity index (χ1n) is 6.70. The minimum absolute atomic E-state index is 0.354. The number of nitrogens with one attached hydrogen (secondary N) is 1. The number of carbonyl (C=O) groups is 1. The molecule has 0 bridgehead atoms. The third-order valence-electron chi connectivity index (χ3n) is 3.60. The van der Waals surface area contributed by atoms with Gasteiger partial charge in [-0.25, -0.2) is 0 Å². The summed E-state index contributed by atoms with van der Waals surface area (Å²) in [6.07, 6.45) is 6.63. The third kappa shape index (κ3) is 4.52. The van der Waals surface area contributed by atoms with Crippen LogP contribution < -0.4 is 5.32 Å². The number of likely N-dealkylation sites (tertiary alicyclic amines) is 1. The SMILES string of the molecule is CCC1CCCN(C(=O)CCCNC)CC1. The van der Waals surface area contributed by atoms with Gasteiger partial charge in [0.05, 0.1) is 0 Å². The molecule has 0 saturated carbocycles. The van der Waals surface area contributed by atoms with Gasteiger partial charge in [-0.3, -0.25) is 4.79 Å². The lowest BCUT2D eigenvalue weighted by molar-refractivity contribution is -0.131. The molecule has 1 fully saturated rings. The van der Waals surface area contributed by atoms with Gasteiger partial charge in [0.15, 0.2) is 0 Å². The van der Waals surface area contributed by atoms with Gasteiger partial charge in [0.2, 0.25) is 5.91 Å². The summed E-state index contributed by atoms with van der Waals surface area (Å²) in [6.45, 7) is 5.16. The van der Waals surface area contributed by atoms with Gasteiger partial charge < -0.3 is 10.2 Å². The fourth-order valence-electron chi connectivity index (χ4n) is 2.40. The molecule has 0 spiro atoms. The fourth-order valence-corrected chi connectivity index (χ4v) is 2.40. The van der Waals surface area contributed by atoms with Gasteiger partial charge in [-0.15, -0.1) is 0 Å². The quantitative estimate of drug-likeness (QED) is 0.727. The molecule has 16 heavy (non-hydrogen) atoms. The second kappa shape index (κ2) is 7.66. The number of carbonyl (C=O) groups excluding carboxylic acids is 1. The second-order valence-electron chi connectivity index (χ2n) is 4.79. The molecule has 0 aromatic rings. The lowest BCUT2D eigenvalue weighted by Crippen LogP contribution is -2.32. The van der Waals surface area contributed by atoms with Crippen molar-refractivity contribution in [3.63, 3.8) is 0 Å². The maximum Gasteiger partial charge on any atom is 0.222 e. The standard InChI is InChI=1S/C13H26N2O/c1-3-12-6-5-10-15(11-8-12)13(16)7-4-9-14-2/h12,14H,3-11H2,1-2H3. The van der Waals surface area contributed by atoms with Crippen LogP contribution >= 0.6 is 0 Å². The monoisotopic (exact) mass is 226 g/mol. The average molecular weight is 226 g/mol. The Hall–Kier alpha value is -0.570. The van der Waals surface area contributed by atoms with Crippen molar-refractivity contribution >= 4 is 5.91 Å². The number of hydrogen-bond donors (Lipinski definition) is 1. The summed E-state index contributed by atoms with van der Waals surface area (Å²) in [5.74, 6) is 1.20. The molecule has 3 heteroatoms. The van der Waals surface area contributed by atoms with Crippen molar-refractivity contribution in [1.29, 1.82) is 0 Å². The van der Waals surface area contributed by atoms with Gasteiger partial charge in [-0.1, -0.05) is 13.3 Å². The van der Waals surface area contributed by atoms with E-state index in [1.165, 1.54) is 25.7 Å². The van der Waals surface area contributed by atoms with E-state index >= 15 is 0 Å². The molecule has 0 aliphatic carbocycles. The van der Waals surface area contributed by atoms with Crippen LogP contribution in [0.25, 0.3) is 0 Å². The molecule has 0 radical (unpaired) electrons. The Morgan fingerprint density at radius 2 is 2.19 bits per heavy atom. The van der Waals surface area contributed by atoms with E-state index < -0.39 is 0 Å². The van der Waals surface area contributed by atoms with E-state index in [0.717, 1.165) is 32.0 Å². The fraction of sp³-hybridized carbons (Fsp3) is 0.923. The molecular weight excluding hydrogens is 200 g/mol. The molecule has 94 valence electrons. The predicted molar refractivity (Wildman–Crippen MR) is 67.4 cm³/mol. The Kier molecular flexibility index (Phi) is 6.46. The van der Waals surface area contributed by atoms with Gasteiger partial charge in [0, 0.05) is 19.5 Å². The van der Waals surface area contributed by atoms with Crippen LogP contribution in [0.3, 0.4) is 0 Å². The Labute approximate surface area is 99.6 Å². The Balaban J connectivity index is 2.27. The highest BCUT2D eigenvalue weighted by atomic mass is 16.2. The highest BCUT2D eigenvalue weighted by molar-refractivity contribution is 5.76. The van der Waals surface area contributed by atoms with Crippen molar-refractivity contribution in [2.75, 3.05) is 26.7 Å². The zero-order valence-electron chi connectivity index (χ0n) is 10.8. The van der Waals surface area contributed by atoms with E-state index in [0.29, 0.717) is 12.3 Å². The largest absolute Gasteiger partial charge is 0.343 e. The molecule has 1 unspecified atom stereocenters. The Morgan fingerprint density at radius 1 is 1.38 bits per heavy atom. The van der Waals surface area contributed by atoms with Crippen LogP contribution in [0, 0.1) is 5.92 Å².